The molecule has 0 bridgehead atoms. The Balaban J connectivity index is 2.14. The number of benzene rings is 1. The standard InChI is InChI=1S/C12H14O4S/c13-12(14)3-1-2-9-4-5-10-6-7-17(15,16)11(10)8-9/h4-5,8H,1-3,6-7H2,(H,13,14). The fraction of sp³-hybridized carbons (Fsp3) is 0.417. The summed E-state index contributed by atoms with van der Waals surface area (Å²) >= 11 is 0. The van der Waals surface area contributed by atoms with Crippen LogP contribution in [0.3, 0.4) is 0 Å². The first-order valence-corrected chi connectivity index (χ1v) is 7.20. The van der Waals surface area contributed by atoms with Crippen molar-refractivity contribution in [1.29, 1.82) is 0 Å². The lowest BCUT2D eigenvalue weighted by molar-refractivity contribution is -0.137. The number of fused-ring (bicyclic) bond motifs is 1. The third-order valence-corrected chi connectivity index (χ3v) is 4.75. The van der Waals surface area contributed by atoms with Crippen molar-refractivity contribution in [1.82, 2.24) is 0 Å². The molecule has 0 amide bonds. The quantitative estimate of drug-likeness (QED) is 0.882. The molecule has 1 aromatic rings. The van der Waals surface area contributed by atoms with Gasteiger partial charge in [0.25, 0.3) is 0 Å². The van der Waals surface area contributed by atoms with Crippen LogP contribution < -0.4 is 0 Å². The molecule has 0 radical (unpaired) electrons. The Bertz CT molecular complexity index is 546. The minimum Gasteiger partial charge on any atom is -0.481 e. The largest absolute Gasteiger partial charge is 0.481 e. The summed E-state index contributed by atoms with van der Waals surface area (Å²) in [7, 11) is -3.09. The second kappa shape index (κ2) is 4.49. The zero-order valence-corrected chi connectivity index (χ0v) is 10.2. The second-order valence-corrected chi connectivity index (χ2v) is 6.34. The number of sulfone groups is 1. The molecule has 0 atom stereocenters. The molecule has 0 unspecified atom stereocenters. The lowest BCUT2D eigenvalue weighted by Gasteiger charge is -2.03. The molecule has 1 aliphatic rings. The number of carbonyl (C=O) groups is 1. The molecule has 0 aliphatic carbocycles. The van der Waals surface area contributed by atoms with Gasteiger partial charge >= 0.3 is 5.97 Å². The molecule has 0 fully saturated rings. The van der Waals surface area contributed by atoms with Crippen LogP contribution in [0.1, 0.15) is 24.0 Å². The second-order valence-electron chi connectivity index (χ2n) is 4.26. The van der Waals surface area contributed by atoms with E-state index in [2.05, 4.69) is 0 Å². The average molecular weight is 254 g/mol. The van der Waals surface area contributed by atoms with E-state index in [9.17, 15) is 13.2 Å². The van der Waals surface area contributed by atoms with E-state index in [0.29, 0.717) is 24.2 Å². The van der Waals surface area contributed by atoms with Crippen molar-refractivity contribution in [2.45, 2.75) is 30.6 Å². The molecule has 1 aromatic carbocycles. The zero-order valence-electron chi connectivity index (χ0n) is 9.35. The summed E-state index contributed by atoms with van der Waals surface area (Å²) in [6.45, 7) is 0. The van der Waals surface area contributed by atoms with Crippen molar-refractivity contribution in [2.24, 2.45) is 0 Å². The van der Waals surface area contributed by atoms with E-state index in [1.165, 1.54) is 0 Å². The highest BCUT2D eigenvalue weighted by atomic mass is 32.2. The zero-order chi connectivity index (χ0) is 12.5. The smallest absolute Gasteiger partial charge is 0.303 e. The van der Waals surface area contributed by atoms with Gasteiger partial charge < -0.3 is 5.11 Å². The van der Waals surface area contributed by atoms with Crippen LogP contribution in [0.25, 0.3) is 0 Å². The number of rotatable bonds is 4. The van der Waals surface area contributed by atoms with E-state index in [1.54, 1.807) is 6.07 Å². The van der Waals surface area contributed by atoms with Crippen LogP contribution in [0.5, 0.6) is 0 Å². The fourth-order valence-corrected chi connectivity index (χ4v) is 3.66. The maximum atomic E-state index is 11.7. The van der Waals surface area contributed by atoms with Gasteiger partial charge in [-0.15, -0.1) is 0 Å². The molecule has 1 aliphatic heterocycles. The van der Waals surface area contributed by atoms with Crippen LogP contribution in [0, 0.1) is 0 Å². The van der Waals surface area contributed by atoms with Crippen molar-refractivity contribution in [3.05, 3.63) is 29.3 Å². The van der Waals surface area contributed by atoms with Crippen LogP contribution in [0.2, 0.25) is 0 Å². The predicted octanol–water partition coefficient (Wildman–Crippen LogP) is 1.42. The van der Waals surface area contributed by atoms with E-state index in [4.69, 9.17) is 5.11 Å². The number of carboxylic acid groups (broad SMARTS) is 1. The van der Waals surface area contributed by atoms with Gasteiger partial charge in [-0.1, -0.05) is 12.1 Å². The van der Waals surface area contributed by atoms with Gasteiger partial charge in [0.05, 0.1) is 10.6 Å². The van der Waals surface area contributed by atoms with Crippen LogP contribution >= 0.6 is 0 Å². The van der Waals surface area contributed by atoms with Gasteiger partial charge in [0.15, 0.2) is 9.84 Å². The third kappa shape index (κ3) is 2.66. The van der Waals surface area contributed by atoms with Gasteiger partial charge in [-0.25, -0.2) is 8.42 Å². The molecule has 1 N–H and O–H groups in total. The van der Waals surface area contributed by atoms with E-state index in [1.807, 2.05) is 12.1 Å². The van der Waals surface area contributed by atoms with Crippen LogP contribution in [0.15, 0.2) is 23.1 Å². The van der Waals surface area contributed by atoms with Gasteiger partial charge in [0.2, 0.25) is 0 Å². The summed E-state index contributed by atoms with van der Waals surface area (Å²) < 4.78 is 23.4. The van der Waals surface area contributed by atoms with Crippen molar-refractivity contribution < 1.29 is 18.3 Å². The highest BCUT2D eigenvalue weighted by Crippen LogP contribution is 2.27. The minimum absolute atomic E-state index is 0.115. The summed E-state index contributed by atoms with van der Waals surface area (Å²) in [5.74, 6) is -0.625. The van der Waals surface area contributed by atoms with Crippen molar-refractivity contribution in [3.8, 4) is 0 Å². The molecule has 2 rings (SSSR count). The summed E-state index contributed by atoms with van der Waals surface area (Å²) in [6, 6.07) is 5.43. The Kier molecular flexibility index (Phi) is 3.19. The number of carboxylic acids is 1. The molecule has 92 valence electrons. The Morgan fingerprint density at radius 2 is 2.12 bits per heavy atom. The fourth-order valence-electron chi connectivity index (χ4n) is 2.05. The average Bonchev–Trinajstić information content (AvgIpc) is 2.55. The van der Waals surface area contributed by atoms with Crippen molar-refractivity contribution >= 4 is 15.8 Å². The predicted molar refractivity (Wildman–Crippen MR) is 62.8 cm³/mol. The molecule has 1 heterocycles. The van der Waals surface area contributed by atoms with Gasteiger partial charge in [-0.05, 0) is 36.5 Å². The molecule has 5 heteroatoms. The highest BCUT2D eigenvalue weighted by Gasteiger charge is 2.25. The monoisotopic (exact) mass is 254 g/mol. The molecule has 17 heavy (non-hydrogen) atoms. The number of aliphatic carboxylic acids is 1. The summed E-state index contributed by atoms with van der Waals surface area (Å²) in [6.07, 6.45) is 1.85. The summed E-state index contributed by atoms with van der Waals surface area (Å²) in [5, 5.41) is 8.53. The Morgan fingerprint density at radius 1 is 1.35 bits per heavy atom. The van der Waals surface area contributed by atoms with E-state index < -0.39 is 15.8 Å². The van der Waals surface area contributed by atoms with E-state index >= 15 is 0 Å². The van der Waals surface area contributed by atoms with Crippen molar-refractivity contribution in [3.63, 3.8) is 0 Å². The first-order chi connectivity index (χ1) is 7.99. The van der Waals surface area contributed by atoms with Crippen molar-refractivity contribution in [2.75, 3.05) is 5.75 Å². The normalized spacial score (nSPS) is 16.7. The Morgan fingerprint density at radius 3 is 2.82 bits per heavy atom. The minimum atomic E-state index is -3.09. The van der Waals surface area contributed by atoms with Gasteiger partial charge in [0.1, 0.15) is 0 Å². The van der Waals surface area contributed by atoms with Gasteiger partial charge in [-0.2, -0.15) is 0 Å². The SMILES string of the molecule is O=C(O)CCCc1ccc2c(c1)S(=O)(=O)CC2. The van der Waals surface area contributed by atoms with Gasteiger partial charge in [-0.3, -0.25) is 4.79 Å². The summed E-state index contributed by atoms with van der Waals surface area (Å²) in [4.78, 5) is 10.8. The Labute approximate surface area is 100 Å². The third-order valence-electron chi connectivity index (χ3n) is 2.96. The van der Waals surface area contributed by atoms with Crippen LogP contribution in [-0.4, -0.2) is 25.2 Å². The molecule has 0 saturated carbocycles. The van der Waals surface area contributed by atoms with Crippen LogP contribution in [0.4, 0.5) is 0 Å². The molecular formula is C12H14O4S. The lowest BCUT2D eigenvalue weighted by atomic mass is 10.1. The molecule has 0 spiro atoms. The maximum Gasteiger partial charge on any atom is 0.303 e. The lowest BCUT2D eigenvalue weighted by Crippen LogP contribution is -2.00. The molecule has 0 aromatic heterocycles. The van der Waals surface area contributed by atoms with Crippen LogP contribution in [-0.2, 0) is 27.5 Å². The first kappa shape index (κ1) is 12.1. The Hall–Kier alpha value is -1.36. The van der Waals surface area contributed by atoms with E-state index in [0.717, 1.165) is 11.1 Å². The number of aryl methyl sites for hydroxylation is 2. The molecule has 0 saturated heterocycles. The first-order valence-electron chi connectivity index (χ1n) is 5.55. The number of hydrogen-bond acceptors (Lipinski definition) is 3. The highest BCUT2D eigenvalue weighted by molar-refractivity contribution is 7.91. The maximum absolute atomic E-state index is 11.7. The summed E-state index contributed by atoms with van der Waals surface area (Å²) in [5.41, 5.74) is 1.78. The topological polar surface area (TPSA) is 71.4 Å². The van der Waals surface area contributed by atoms with E-state index in [-0.39, 0.29) is 12.2 Å². The van der Waals surface area contributed by atoms with Gasteiger partial charge in [0, 0.05) is 6.42 Å². The molecule has 4 nitrogen and oxygen atoms in total. The number of hydrogen-bond donors (Lipinski definition) is 1. The molecular weight excluding hydrogens is 240 g/mol.